The molecule has 0 amide bonds. The lowest BCUT2D eigenvalue weighted by Crippen LogP contribution is -2.03. The zero-order chi connectivity index (χ0) is 13.2. The van der Waals surface area contributed by atoms with Crippen molar-refractivity contribution >= 4 is 28.3 Å². The summed E-state index contributed by atoms with van der Waals surface area (Å²) in [5.74, 6) is -0.123. The van der Waals surface area contributed by atoms with Gasteiger partial charge < -0.3 is 0 Å². The average Bonchev–Trinajstić information content (AvgIpc) is 2.47. The monoisotopic (exact) mass is 268 g/mol. The van der Waals surface area contributed by atoms with Gasteiger partial charge in [-0.15, -0.1) is 0 Å². The second kappa shape index (κ2) is 4.78. The van der Waals surface area contributed by atoms with Crippen LogP contribution < -0.4 is 0 Å². The molecule has 3 nitrogen and oxygen atoms in total. The molecule has 0 spiro atoms. The molecular formula is C15H9ClN2O. The molecule has 0 bridgehead atoms. The Hall–Kier alpha value is -2.26. The topological polar surface area (TPSA) is 42.9 Å². The number of halogens is 1. The maximum absolute atomic E-state index is 12.3. The molecule has 0 N–H and O–H groups in total. The van der Waals surface area contributed by atoms with Crippen LogP contribution in [0.5, 0.6) is 0 Å². The van der Waals surface area contributed by atoms with Gasteiger partial charge in [0, 0.05) is 23.3 Å². The number of benzene rings is 1. The number of hydrogen-bond donors (Lipinski definition) is 0. The van der Waals surface area contributed by atoms with Gasteiger partial charge in [-0.05, 0) is 36.4 Å². The second-order valence-corrected chi connectivity index (χ2v) is 4.54. The van der Waals surface area contributed by atoms with Crippen molar-refractivity contribution in [1.82, 2.24) is 9.97 Å². The summed E-state index contributed by atoms with van der Waals surface area (Å²) in [4.78, 5) is 20.5. The van der Waals surface area contributed by atoms with Crippen molar-refractivity contribution in [2.75, 3.05) is 0 Å². The predicted molar refractivity (Wildman–Crippen MR) is 74.4 cm³/mol. The summed E-state index contributed by atoms with van der Waals surface area (Å²) in [5, 5.41) is 1.45. The first-order chi connectivity index (χ1) is 9.24. The van der Waals surface area contributed by atoms with Crippen LogP contribution in [-0.2, 0) is 0 Å². The van der Waals surface area contributed by atoms with E-state index in [-0.39, 0.29) is 5.78 Å². The third kappa shape index (κ3) is 2.33. The fraction of sp³-hybridized carbons (Fsp3) is 0. The first-order valence-corrected chi connectivity index (χ1v) is 6.13. The molecule has 0 radical (unpaired) electrons. The maximum Gasteiger partial charge on any atom is 0.211 e. The number of ketones is 1. The minimum Gasteiger partial charge on any atom is -0.287 e. The van der Waals surface area contributed by atoms with E-state index in [9.17, 15) is 4.79 Å². The number of pyridine rings is 2. The lowest BCUT2D eigenvalue weighted by atomic mass is 10.1. The Labute approximate surface area is 114 Å². The summed E-state index contributed by atoms with van der Waals surface area (Å²) < 4.78 is 0. The summed E-state index contributed by atoms with van der Waals surface area (Å²) in [6, 6.07) is 12.5. The van der Waals surface area contributed by atoms with Crippen LogP contribution in [0.3, 0.4) is 0 Å². The minimum absolute atomic E-state index is 0.123. The van der Waals surface area contributed by atoms with Gasteiger partial charge in [-0.2, -0.15) is 0 Å². The molecule has 4 heteroatoms. The molecule has 92 valence electrons. The van der Waals surface area contributed by atoms with Crippen LogP contribution in [0.1, 0.15) is 16.1 Å². The standard InChI is InChI=1S/C15H9ClN2O/c16-12-4-6-14(18-9-12)15(19)11-3-5-13-10(8-11)2-1-7-17-13/h1-9H. The first kappa shape index (κ1) is 11.8. The van der Waals surface area contributed by atoms with Crippen LogP contribution in [0, 0.1) is 0 Å². The van der Waals surface area contributed by atoms with E-state index in [0.29, 0.717) is 16.3 Å². The quantitative estimate of drug-likeness (QED) is 0.668. The highest BCUT2D eigenvalue weighted by molar-refractivity contribution is 6.30. The van der Waals surface area contributed by atoms with Crippen LogP contribution >= 0.6 is 11.6 Å². The molecule has 1 aromatic carbocycles. The van der Waals surface area contributed by atoms with E-state index in [0.717, 1.165) is 10.9 Å². The predicted octanol–water partition coefficient (Wildman–Crippen LogP) is 3.51. The van der Waals surface area contributed by atoms with E-state index in [1.165, 1.54) is 6.20 Å². The van der Waals surface area contributed by atoms with Crippen LogP contribution in [0.4, 0.5) is 0 Å². The molecule has 3 aromatic rings. The number of carbonyl (C=O) groups is 1. The molecule has 0 atom stereocenters. The fourth-order valence-corrected chi connectivity index (χ4v) is 1.99. The SMILES string of the molecule is O=C(c1ccc2ncccc2c1)c1ccc(Cl)cn1. The van der Waals surface area contributed by atoms with Crippen LogP contribution in [-0.4, -0.2) is 15.8 Å². The van der Waals surface area contributed by atoms with E-state index in [1.807, 2.05) is 24.3 Å². The zero-order valence-corrected chi connectivity index (χ0v) is 10.6. The van der Waals surface area contributed by atoms with Crippen LogP contribution in [0.15, 0.2) is 54.9 Å². The van der Waals surface area contributed by atoms with Crippen molar-refractivity contribution in [2.45, 2.75) is 0 Å². The molecule has 0 saturated carbocycles. The zero-order valence-electron chi connectivity index (χ0n) is 9.88. The number of fused-ring (bicyclic) bond motifs is 1. The third-order valence-corrected chi connectivity index (χ3v) is 3.05. The van der Waals surface area contributed by atoms with Gasteiger partial charge in [-0.3, -0.25) is 14.8 Å². The highest BCUT2D eigenvalue weighted by Gasteiger charge is 2.10. The van der Waals surface area contributed by atoms with Gasteiger partial charge in [0.05, 0.1) is 10.5 Å². The van der Waals surface area contributed by atoms with Gasteiger partial charge in [0.15, 0.2) is 0 Å². The summed E-state index contributed by atoms with van der Waals surface area (Å²) in [6.45, 7) is 0. The first-order valence-electron chi connectivity index (χ1n) is 5.75. The Kier molecular flexibility index (Phi) is 2.97. The van der Waals surface area contributed by atoms with Crippen LogP contribution in [0.2, 0.25) is 5.02 Å². The van der Waals surface area contributed by atoms with Gasteiger partial charge in [0.25, 0.3) is 0 Å². The molecule has 19 heavy (non-hydrogen) atoms. The summed E-state index contributed by atoms with van der Waals surface area (Å²) >= 11 is 5.76. The molecule has 0 unspecified atom stereocenters. The van der Waals surface area contributed by atoms with Gasteiger partial charge in [0.1, 0.15) is 5.69 Å². The van der Waals surface area contributed by atoms with Crippen molar-refractivity contribution < 1.29 is 4.79 Å². The number of rotatable bonds is 2. The highest BCUT2D eigenvalue weighted by Crippen LogP contribution is 2.16. The maximum atomic E-state index is 12.3. The Morgan fingerprint density at radius 3 is 2.74 bits per heavy atom. The number of nitrogens with zero attached hydrogens (tertiary/aromatic N) is 2. The van der Waals surface area contributed by atoms with Crippen molar-refractivity contribution in [1.29, 1.82) is 0 Å². The molecule has 3 rings (SSSR count). The Bertz CT molecular complexity index is 753. The highest BCUT2D eigenvalue weighted by atomic mass is 35.5. The van der Waals surface area contributed by atoms with Gasteiger partial charge >= 0.3 is 0 Å². The molecule has 2 heterocycles. The van der Waals surface area contributed by atoms with Gasteiger partial charge in [0.2, 0.25) is 5.78 Å². The van der Waals surface area contributed by atoms with Gasteiger partial charge in [-0.25, -0.2) is 0 Å². The Morgan fingerprint density at radius 1 is 1.05 bits per heavy atom. The third-order valence-electron chi connectivity index (χ3n) is 2.83. The summed E-state index contributed by atoms with van der Waals surface area (Å²) in [7, 11) is 0. The fourth-order valence-electron chi connectivity index (χ4n) is 1.87. The van der Waals surface area contributed by atoms with Crippen molar-refractivity contribution in [2.24, 2.45) is 0 Å². The Balaban J connectivity index is 2.04. The van der Waals surface area contributed by atoms with Crippen LogP contribution in [0.25, 0.3) is 10.9 Å². The molecular weight excluding hydrogens is 260 g/mol. The van der Waals surface area contributed by atoms with E-state index in [1.54, 1.807) is 24.4 Å². The van der Waals surface area contributed by atoms with Gasteiger partial charge in [-0.1, -0.05) is 17.7 Å². The number of hydrogen-bond acceptors (Lipinski definition) is 3. The number of aromatic nitrogens is 2. The van der Waals surface area contributed by atoms with Crippen molar-refractivity contribution in [3.63, 3.8) is 0 Å². The number of carbonyl (C=O) groups excluding carboxylic acids is 1. The van der Waals surface area contributed by atoms with E-state index in [4.69, 9.17) is 11.6 Å². The normalized spacial score (nSPS) is 10.6. The summed E-state index contributed by atoms with van der Waals surface area (Å²) in [5.41, 5.74) is 1.84. The molecule has 0 fully saturated rings. The minimum atomic E-state index is -0.123. The average molecular weight is 269 g/mol. The molecule has 2 aromatic heterocycles. The lowest BCUT2D eigenvalue weighted by Gasteiger charge is -2.02. The lowest BCUT2D eigenvalue weighted by molar-refractivity contribution is 0.103. The molecule has 0 aliphatic rings. The molecule has 0 aliphatic carbocycles. The van der Waals surface area contributed by atoms with E-state index >= 15 is 0 Å². The smallest absolute Gasteiger partial charge is 0.211 e. The van der Waals surface area contributed by atoms with E-state index in [2.05, 4.69) is 9.97 Å². The Morgan fingerprint density at radius 2 is 1.95 bits per heavy atom. The second-order valence-electron chi connectivity index (χ2n) is 4.10. The van der Waals surface area contributed by atoms with Crippen molar-refractivity contribution in [3.05, 3.63) is 71.1 Å². The van der Waals surface area contributed by atoms with Crippen molar-refractivity contribution in [3.8, 4) is 0 Å². The molecule has 0 saturated heterocycles. The summed E-state index contributed by atoms with van der Waals surface area (Å²) in [6.07, 6.45) is 3.20. The van der Waals surface area contributed by atoms with E-state index < -0.39 is 0 Å². The largest absolute Gasteiger partial charge is 0.287 e. The molecule has 0 aliphatic heterocycles.